The van der Waals surface area contributed by atoms with Crippen LogP contribution in [0.2, 0.25) is 0 Å². The first kappa shape index (κ1) is 20.5. The summed E-state index contributed by atoms with van der Waals surface area (Å²) in [5.41, 5.74) is 1.23. The predicted molar refractivity (Wildman–Crippen MR) is 112 cm³/mol. The number of benzene rings is 2. The number of rotatable bonds is 7. The molecular weight excluding hydrogens is 392 g/mol. The van der Waals surface area contributed by atoms with Gasteiger partial charge in [-0.05, 0) is 55.1 Å². The summed E-state index contributed by atoms with van der Waals surface area (Å²) >= 11 is 0.798. The first-order valence-corrected chi connectivity index (χ1v) is 9.74. The highest BCUT2D eigenvalue weighted by atomic mass is 32.2. The van der Waals surface area contributed by atoms with E-state index < -0.39 is 17.1 Å². The summed E-state index contributed by atoms with van der Waals surface area (Å²) in [6, 6.07) is 14.0. The number of nitrogens with zero attached hydrogens (tertiary/aromatic N) is 1. The molecule has 0 aromatic heterocycles. The fourth-order valence-corrected chi connectivity index (χ4v) is 3.54. The largest absolute Gasteiger partial charge is 0.496 e. The molecule has 1 aliphatic heterocycles. The average molecular weight is 412 g/mol. The van der Waals surface area contributed by atoms with Crippen LogP contribution in [0, 0.1) is 0 Å². The van der Waals surface area contributed by atoms with Crippen molar-refractivity contribution in [3.63, 3.8) is 0 Å². The number of hydrogen-bond donors (Lipinski definition) is 1. The van der Waals surface area contributed by atoms with Gasteiger partial charge in [0.1, 0.15) is 18.0 Å². The molecular formula is C21H20N2O5S. The van der Waals surface area contributed by atoms with Crippen molar-refractivity contribution in [3.05, 3.63) is 59.0 Å². The van der Waals surface area contributed by atoms with Gasteiger partial charge >= 0.3 is 0 Å². The number of carbonyl (C=O) groups is 3. The lowest BCUT2D eigenvalue weighted by Crippen LogP contribution is -2.36. The Kier molecular flexibility index (Phi) is 6.56. The zero-order valence-corrected chi connectivity index (χ0v) is 16.8. The van der Waals surface area contributed by atoms with Crippen molar-refractivity contribution >= 4 is 40.6 Å². The van der Waals surface area contributed by atoms with Crippen molar-refractivity contribution in [2.75, 3.05) is 25.6 Å². The van der Waals surface area contributed by atoms with E-state index in [0.29, 0.717) is 29.4 Å². The molecule has 1 heterocycles. The molecule has 0 radical (unpaired) electrons. The van der Waals surface area contributed by atoms with Gasteiger partial charge in [0.2, 0.25) is 5.91 Å². The molecule has 3 rings (SSSR count). The lowest BCUT2D eigenvalue weighted by atomic mass is 10.2. The third kappa shape index (κ3) is 4.97. The molecule has 8 heteroatoms. The van der Waals surface area contributed by atoms with E-state index in [9.17, 15) is 14.4 Å². The van der Waals surface area contributed by atoms with Crippen molar-refractivity contribution in [1.82, 2.24) is 4.90 Å². The molecule has 0 spiro atoms. The van der Waals surface area contributed by atoms with E-state index in [0.717, 1.165) is 16.7 Å². The predicted octanol–water partition coefficient (Wildman–Crippen LogP) is 3.77. The van der Waals surface area contributed by atoms with Crippen LogP contribution in [0.3, 0.4) is 0 Å². The van der Waals surface area contributed by atoms with Crippen molar-refractivity contribution in [2.45, 2.75) is 6.92 Å². The number of thioether (sulfide) groups is 1. The maximum Gasteiger partial charge on any atom is 0.294 e. The lowest BCUT2D eigenvalue weighted by molar-refractivity contribution is -0.127. The third-order valence-electron chi connectivity index (χ3n) is 4.05. The van der Waals surface area contributed by atoms with Crippen molar-refractivity contribution in [2.24, 2.45) is 0 Å². The minimum absolute atomic E-state index is 0.244. The van der Waals surface area contributed by atoms with Gasteiger partial charge in [-0.3, -0.25) is 19.3 Å². The van der Waals surface area contributed by atoms with Crippen LogP contribution in [0.15, 0.2) is 53.4 Å². The van der Waals surface area contributed by atoms with E-state index in [1.54, 1.807) is 42.5 Å². The van der Waals surface area contributed by atoms with Crippen molar-refractivity contribution < 1.29 is 23.9 Å². The number of anilines is 1. The minimum atomic E-state index is -0.507. The number of para-hydroxylation sites is 1. The molecule has 0 unspecified atom stereocenters. The number of ether oxygens (including phenoxy) is 2. The van der Waals surface area contributed by atoms with Gasteiger partial charge < -0.3 is 14.8 Å². The topological polar surface area (TPSA) is 84.9 Å². The van der Waals surface area contributed by atoms with Crippen LogP contribution in [-0.4, -0.2) is 42.2 Å². The molecule has 1 aliphatic rings. The number of imide groups is 1. The van der Waals surface area contributed by atoms with Gasteiger partial charge in [-0.1, -0.05) is 18.2 Å². The van der Waals surface area contributed by atoms with Gasteiger partial charge in [-0.15, -0.1) is 0 Å². The Hall–Kier alpha value is -3.26. The van der Waals surface area contributed by atoms with Gasteiger partial charge in [0.15, 0.2) is 0 Å². The number of amides is 3. The number of methoxy groups -OCH3 is 1. The molecule has 29 heavy (non-hydrogen) atoms. The van der Waals surface area contributed by atoms with E-state index in [-0.39, 0.29) is 11.4 Å². The maximum absolute atomic E-state index is 12.6. The second kappa shape index (κ2) is 9.29. The summed E-state index contributed by atoms with van der Waals surface area (Å²) in [7, 11) is 1.53. The molecule has 3 amide bonds. The standard InChI is InChI=1S/C21H20N2O5S/c1-3-28-16-10-8-15(9-11-16)22-19(24)13-23-20(25)18(29-21(23)26)12-14-6-4-5-7-17(14)27-2/h4-12H,3,13H2,1-2H3,(H,22,24)/b18-12-. The van der Waals surface area contributed by atoms with Gasteiger partial charge in [-0.25, -0.2) is 0 Å². The van der Waals surface area contributed by atoms with Crippen LogP contribution in [0.25, 0.3) is 6.08 Å². The zero-order valence-electron chi connectivity index (χ0n) is 16.0. The van der Waals surface area contributed by atoms with E-state index in [4.69, 9.17) is 9.47 Å². The Morgan fingerprint density at radius 1 is 1.14 bits per heavy atom. The molecule has 1 N–H and O–H groups in total. The Balaban J connectivity index is 1.66. The molecule has 7 nitrogen and oxygen atoms in total. The molecule has 0 atom stereocenters. The molecule has 150 valence electrons. The third-order valence-corrected chi connectivity index (χ3v) is 4.96. The van der Waals surface area contributed by atoms with Crippen LogP contribution < -0.4 is 14.8 Å². The first-order chi connectivity index (χ1) is 14.0. The normalized spacial score (nSPS) is 15.0. The first-order valence-electron chi connectivity index (χ1n) is 8.93. The van der Waals surface area contributed by atoms with Crippen molar-refractivity contribution in [1.29, 1.82) is 0 Å². The molecule has 0 bridgehead atoms. The van der Waals surface area contributed by atoms with Crippen LogP contribution in [0.5, 0.6) is 11.5 Å². The monoisotopic (exact) mass is 412 g/mol. The Morgan fingerprint density at radius 3 is 2.55 bits per heavy atom. The van der Waals surface area contributed by atoms with Crippen LogP contribution in [0.1, 0.15) is 12.5 Å². The van der Waals surface area contributed by atoms with E-state index >= 15 is 0 Å². The highest BCUT2D eigenvalue weighted by Gasteiger charge is 2.36. The summed E-state index contributed by atoms with van der Waals surface area (Å²) in [6.07, 6.45) is 1.59. The highest BCUT2D eigenvalue weighted by Crippen LogP contribution is 2.33. The van der Waals surface area contributed by atoms with Crippen LogP contribution in [-0.2, 0) is 9.59 Å². The SMILES string of the molecule is CCOc1ccc(NC(=O)CN2C(=O)S/C(=C\c3ccccc3OC)C2=O)cc1. The Labute approximate surface area is 172 Å². The average Bonchev–Trinajstić information content (AvgIpc) is 2.97. The summed E-state index contributed by atoms with van der Waals surface area (Å²) < 4.78 is 10.6. The highest BCUT2D eigenvalue weighted by molar-refractivity contribution is 8.18. The zero-order chi connectivity index (χ0) is 20.8. The van der Waals surface area contributed by atoms with Gasteiger partial charge in [0.05, 0.1) is 18.6 Å². The molecule has 1 fully saturated rings. The smallest absolute Gasteiger partial charge is 0.294 e. The number of carbonyl (C=O) groups excluding carboxylic acids is 3. The lowest BCUT2D eigenvalue weighted by Gasteiger charge is -2.13. The van der Waals surface area contributed by atoms with Gasteiger partial charge in [0, 0.05) is 11.3 Å². The second-order valence-corrected chi connectivity index (χ2v) is 7.01. The fourth-order valence-electron chi connectivity index (χ4n) is 2.71. The van der Waals surface area contributed by atoms with E-state index in [1.165, 1.54) is 7.11 Å². The minimum Gasteiger partial charge on any atom is -0.496 e. The molecule has 0 aliphatic carbocycles. The number of hydrogen-bond acceptors (Lipinski definition) is 6. The summed E-state index contributed by atoms with van der Waals surface area (Å²) in [4.78, 5) is 38.3. The van der Waals surface area contributed by atoms with E-state index in [2.05, 4.69) is 5.32 Å². The summed E-state index contributed by atoms with van der Waals surface area (Å²) in [5, 5.41) is 2.18. The Morgan fingerprint density at radius 2 is 1.86 bits per heavy atom. The Bertz CT molecular complexity index is 956. The molecule has 2 aromatic carbocycles. The van der Waals surface area contributed by atoms with Gasteiger partial charge in [-0.2, -0.15) is 0 Å². The maximum atomic E-state index is 12.6. The second-order valence-electron chi connectivity index (χ2n) is 6.02. The quantitative estimate of drug-likeness (QED) is 0.697. The summed E-state index contributed by atoms with van der Waals surface area (Å²) in [6.45, 7) is 2.07. The number of nitrogens with one attached hydrogen (secondary N) is 1. The van der Waals surface area contributed by atoms with Crippen molar-refractivity contribution in [3.8, 4) is 11.5 Å². The fraction of sp³-hybridized carbons (Fsp3) is 0.190. The summed E-state index contributed by atoms with van der Waals surface area (Å²) in [5.74, 6) is 0.313. The van der Waals surface area contributed by atoms with E-state index in [1.807, 2.05) is 19.1 Å². The molecule has 0 saturated carbocycles. The van der Waals surface area contributed by atoms with Crippen LogP contribution >= 0.6 is 11.8 Å². The van der Waals surface area contributed by atoms with Crippen LogP contribution in [0.4, 0.5) is 10.5 Å². The molecule has 1 saturated heterocycles. The molecule has 2 aromatic rings. The van der Waals surface area contributed by atoms with Gasteiger partial charge in [0.25, 0.3) is 11.1 Å².